The Balaban J connectivity index is 1.52. The van der Waals surface area contributed by atoms with Crippen LogP contribution in [0.2, 0.25) is 0 Å². The van der Waals surface area contributed by atoms with Gasteiger partial charge >= 0.3 is 0 Å². The molecule has 0 atom stereocenters. The van der Waals surface area contributed by atoms with Crippen molar-refractivity contribution < 1.29 is 22.1 Å². The van der Waals surface area contributed by atoms with Crippen molar-refractivity contribution >= 4 is 9.84 Å². The summed E-state index contributed by atoms with van der Waals surface area (Å²) < 4.78 is 39.7. The van der Waals surface area contributed by atoms with Gasteiger partial charge in [-0.25, -0.2) is 8.42 Å². The fourth-order valence-corrected chi connectivity index (χ4v) is 3.39. The van der Waals surface area contributed by atoms with Crippen LogP contribution in [-0.2, 0) is 16.4 Å². The van der Waals surface area contributed by atoms with Crippen molar-refractivity contribution in [2.45, 2.75) is 18.4 Å². The van der Waals surface area contributed by atoms with Crippen LogP contribution < -0.4 is 4.74 Å². The Hall–Kier alpha value is -3.46. The summed E-state index contributed by atoms with van der Waals surface area (Å²) in [5.41, 5.74) is 2.13. The van der Waals surface area contributed by atoms with Gasteiger partial charge in [0.05, 0.1) is 4.90 Å². The van der Waals surface area contributed by atoms with Gasteiger partial charge in [0.2, 0.25) is 0 Å². The highest BCUT2D eigenvalue weighted by atomic mass is 32.2. The molecule has 2 aromatic carbocycles. The second-order valence-electron chi connectivity index (χ2n) is 6.36. The van der Waals surface area contributed by atoms with Crippen LogP contribution in [0.1, 0.15) is 11.7 Å². The first kappa shape index (κ1) is 18.9. The van der Waals surface area contributed by atoms with E-state index in [2.05, 4.69) is 15.4 Å². The molecule has 0 amide bonds. The molecule has 0 spiro atoms. The molecular weight excluding hydrogens is 394 g/mol. The number of hydrogen-bond acceptors (Lipinski definition) is 8. The summed E-state index contributed by atoms with van der Waals surface area (Å²) in [6.07, 6.45) is 1.15. The van der Waals surface area contributed by atoms with E-state index in [1.807, 2.05) is 30.3 Å². The van der Waals surface area contributed by atoms with Crippen molar-refractivity contribution in [3.63, 3.8) is 0 Å². The summed E-state index contributed by atoms with van der Waals surface area (Å²) in [4.78, 5) is 0.223. The Morgan fingerprint density at radius 2 is 1.72 bits per heavy atom. The van der Waals surface area contributed by atoms with E-state index in [1.165, 1.54) is 12.1 Å². The average molecular weight is 411 g/mol. The SMILES string of the molecule is Cc1onc(-c2ccccc2)c1-c1nnc(COc2ccc(S(C)(=O)=O)cc2)o1. The minimum Gasteiger partial charge on any atom is -0.484 e. The zero-order valence-electron chi connectivity index (χ0n) is 15.7. The number of benzene rings is 2. The number of aryl methyl sites for hydroxylation is 1. The average Bonchev–Trinajstić information content (AvgIpc) is 3.33. The lowest BCUT2D eigenvalue weighted by Gasteiger charge is -2.04. The third kappa shape index (κ3) is 4.04. The molecule has 0 aliphatic heterocycles. The Morgan fingerprint density at radius 1 is 1.00 bits per heavy atom. The molecule has 0 N–H and O–H groups in total. The molecule has 8 nitrogen and oxygen atoms in total. The summed E-state index contributed by atoms with van der Waals surface area (Å²) in [6.45, 7) is 1.81. The van der Waals surface area contributed by atoms with Crippen LogP contribution in [0, 0.1) is 6.92 Å². The van der Waals surface area contributed by atoms with E-state index in [-0.39, 0.29) is 23.3 Å². The Labute approximate surface area is 167 Å². The fourth-order valence-electron chi connectivity index (χ4n) is 2.76. The lowest BCUT2D eigenvalue weighted by Crippen LogP contribution is -1.98. The van der Waals surface area contributed by atoms with E-state index in [4.69, 9.17) is 13.7 Å². The highest BCUT2D eigenvalue weighted by Gasteiger charge is 2.22. The number of hydrogen-bond donors (Lipinski definition) is 0. The van der Waals surface area contributed by atoms with E-state index in [9.17, 15) is 8.42 Å². The molecule has 4 rings (SSSR count). The molecule has 4 aromatic rings. The first-order valence-corrected chi connectivity index (χ1v) is 10.6. The van der Waals surface area contributed by atoms with E-state index < -0.39 is 9.84 Å². The predicted molar refractivity (Wildman–Crippen MR) is 104 cm³/mol. The third-order valence-electron chi connectivity index (χ3n) is 4.20. The van der Waals surface area contributed by atoms with Crippen molar-refractivity contribution in [1.29, 1.82) is 0 Å². The summed E-state index contributed by atoms with van der Waals surface area (Å²) in [5, 5.41) is 12.2. The largest absolute Gasteiger partial charge is 0.484 e. The molecule has 0 aliphatic carbocycles. The second kappa shape index (κ2) is 7.51. The van der Waals surface area contributed by atoms with Gasteiger partial charge in [-0.05, 0) is 31.2 Å². The molecule has 148 valence electrons. The smallest absolute Gasteiger partial charge is 0.254 e. The summed E-state index contributed by atoms with van der Waals surface area (Å²) in [6, 6.07) is 15.7. The van der Waals surface area contributed by atoms with Gasteiger partial charge in [-0.1, -0.05) is 35.5 Å². The highest BCUT2D eigenvalue weighted by molar-refractivity contribution is 7.90. The van der Waals surface area contributed by atoms with Crippen molar-refractivity contribution in [3.8, 4) is 28.5 Å². The Kier molecular flexibility index (Phi) is 4.89. The van der Waals surface area contributed by atoms with Gasteiger partial charge in [-0.15, -0.1) is 10.2 Å². The highest BCUT2D eigenvalue weighted by Crippen LogP contribution is 2.33. The number of rotatable bonds is 6. The van der Waals surface area contributed by atoms with Crippen LogP contribution in [-0.4, -0.2) is 30.0 Å². The zero-order chi connectivity index (χ0) is 20.4. The van der Waals surface area contributed by atoms with Gasteiger partial charge < -0.3 is 13.7 Å². The standard InChI is InChI=1S/C20H17N3O5S/c1-13-18(19(23-28-13)14-6-4-3-5-7-14)20-22-21-17(27-20)12-26-15-8-10-16(11-9-15)29(2,24)25/h3-11H,12H2,1-2H3. The molecule has 0 radical (unpaired) electrons. The minimum atomic E-state index is -3.25. The second-order valence-corrected chi connectivity index (χ2v) is 8.38. The van der Waals surface area contributed by atoms with E-state index in [1.54, 1.807) is 19.1 Å². The first-order chi connectivity index (χ1) is 13.9. The first-order valence-electron chi connectivity index (χ1n) is 8.69. The number of nitrogens with zero attached hydrogens (tertiary/aromatic N) is 3. The Morgan fingerprint density at radius 3 is 2.41 bits per heavy atom. The van der Waals surface area contributed by atoms with Crippen molar-refractivity contribution in [2.75, 3.05) is 6.26 Å². The molecule has 0 fully saturated rings. The quantitative estimate of drug-likeness (QED) is 0.473. The van der Waals surface area contributed by atoms with Crippen LogP contribution in [0.15, 0.2) is 68.4 Å². The number of sulfone groups is 1. The molecule has 29 heavy (non-hydrogen) atoms. The van der Waals surface area contributed by atoms with E-state index in [0.717, 1.165) is 11.8 Å². The van der Waals surface area contributed by atoms with Crippen LogP contribution >= 0.6 is 0 Å². The molecule has 0 aliphatic rings. The maximum atomic E-state index is 11.5. The van der Waals surface area contributed by atoms with Crippen LogP contribution in [0.4, 0.5) is 0 Å². The summed E-state index contributed by atoms with van der Waals surface area (Å²) in [5.74, 6) is 1.61. The van der Waals surface area contributed by atoms with Crippen LogP contribution in [0.5, 0.6) is 5.75 Å². The normalized spacial score (nSPS) is 11.5. The third-order valence-corrected chi connectivity index (χ3v) is 5.33. The van der Waals surface area contributed by atoms with Crippen molar-refractivity contribution in [2.24, 2.45) is 0 Å². The molecule has 0 bridgehead atoms. The fraction of sp³-hybridized carbons (Fsp3) is 0.150. The predicted octanol–water partition coefficient (Wildman–Crippen LogP) is 3.68. The monoisotopic (exact) mass is 411 g/mol. The molecule has 9 heteroatoms. The topological polar surface area (TPSA) is 108 Å². The van der Waals surface area contributed by atoms with Gasteiger partial charge in [-0.2, -0.15) is 0 Å². The van der Waals surface area contributed by atoms with Crippen molar-refractivity contribution in [3.05, 3.63) is 66.2 Å². The van der Waals surface area contributed by atoms with Crippen LogP contribution in [0.25, 0.3) is 22.7 Å². The number of ether oxygens (including phenoxy) is 1. The summed E-state index contributed by atoms with van der Waals surface area (Å²) in [7, 11) is -3.25. The minimum absolute atomic E-state index is 0.0379. The van der Waals surface area contributed by atoms with Gasteiger partial charge in [0, 0.05) is 11.8 Å². The zero-order valence-corrected chi connectivity index (χ0v) is 16.5. The van der Waals surface area contributed by atoms with Gasteiger partial charge in [0.1, 0.15) is 22.8 Å². The van der Waals surface area contributed by atoms with Gasteiger partial charge in [-0.3, -0.25) is 0 Å². The maximum Gasteiger partial charge on any atom is 0.254 e. The van der Waals surface area contributed by atoms with E-state index in [0.29, 0.717) is 22.8 Å². The Bertz CT molecular complexity index is 1230. The summed E-state index contributed by atoms with van der Waals surface area (Å²) >= 11 is 0. The van der Waals surface area contributed by atoms with Crippen molar-refractivity contribution in [1.82, 2.24) is 15.4 Å². The van der Waals surface area contributed by atoms with Gasteiger partial charge in [0.15, 0.2) is 16.4 Å². The van der Waals surface area contributed by atoms with Gasteiger partial charge in [0.25, 0.3) is 11.8 Å². The molecule has 0 saturated heterocycles. The molecule has 0 saturated carbocycles. The lowest BCUT2D eigenvalue weighted by atomic mass is 10.1. The molecule has 2 heterocycles. The lowest BCUT2D eigenvalue weighted by molar-refractivity contribution is 0.264. The maximum absolute atomic E-state index is 11.5. The molecule has 2 aromatic heterocycles. The van der Waals surface area contributed by atoms with Crippen LogP contribution in [0.3, 0.4) is 0 Å². The van der Waals surface area contributed by atoms with E-state index >= 15 is 0 Å². The molecular formula is C20H17N3O5S. The molecule has 0 unspecified atom stereocenters. The number of aromatic nitrogens is 3.